The van der Waals surface area contributed by atoms with E-state index >= 15 is 0 Å². The highest BCUT2D eigenvalue weighted by Crippen LogP contribution is 2.33. The monoisotopic (exact) mass is 371 g/mol. The fourth-order valence-corrected chi connectivity index (χ4v) is 4.84. The largest absolute Gasteiger partial charge is 0.375 e. The molecule has 1 aromatic rings. The summed E-state index contributed by atoms with van der Waals surface area (Å²) in [5.74, 6) is 0.0998. The first kappa shape index (κ1) is 17.3. The lowest BCUT2D eigenvalue weighted by atomic mass is 10.2. The van der Waals surface area contributed by atoms with Gasteiger partial charge in [-0.2, -0.15) is 4.31 Å². The van der Waals surface area contributed by atoms with Gasteiger partial charge < -0.3 is 4.74 Å². The maximum atomic E-state index is 12.8. The van der Waals surface area contributed by atoms with Crippen molar-refractivity contribution in [3.8, 4) is 0 Å². The zero-order valence-electron chi connectivity index (χ0n) is 11.5. The molecule has 1 unspecified atom stereocenters. The van der Waals surface area contributed by atoms with E-state index in [9.17, 15) is 8.42 Å². The van der Waals surface area contributed by atoms with Gasteiger partial charge in [0.1, 0.15) is 4.90 Å². The summed E-state index contributed by atoms with van der Waals surface area (Å²) in [4.78, 5) is 0.00377. The van der Waals surface area contributed by atoms with Crippen LogP contribution in [-0.2, 0) is 20.6 Å². The second-order valence-electron chi connectivity index (χ2n) is 4.77. The average molecular weight is 373 g/mol. The fraction of sp³-hybridized carbons (Fsp3) is 0.538. The molecule has 0 saturated carbocycles. The summed E-state index contributed by atoms with van der Waals surface area (Å²) in [5, 5.41) is 0.433. The predicted molar refractivity (Wildman–Crippen MR) is 84.8 cm³/mol. The molecule has 8 heteroatoms. The minimum Gasteiger partial charge on any atom is -0.375 e. The number of hydrogen-bond acceptors (Lipinski definition) is 3. The van der Waals surface area contributed by atoms with Crippen LogP contribution in [0.1, 0.15) is 18.9 Å². The summed E-state index contributed by atoms with van der Waals surface area (Å²) in [5.41, 5.74) is 0.504. The zero-order chi connectivity index (χ0) is 15.6. The second kappa shape index (κ2) is 7.02. The topological polar surface area (TPSA) is 46.6 Å². The van der Waals surface area contributed by atoms with E-state index in [-0.39, 0.29) is 21.9 Å². The molecule has 0 aliphatic carbocycles. The van der Waals surface area contributed by atoms with Gasteiger partial charge in [0.25, 0.3) is 0 Å². The molecule has 1 atom stereocenters. The van der Waals surface area contributed by atoms with E-state index in [1.807, 2.05) is 6.92 Å². The quantitative estimate of drug-likeness (QED) is 0.760. The normalized spacial score (nSPS) is 20.7. The Hall–Kier alpha value is -0.0400. The summed E-state index contributed by atoms with van der Waals surface area (Å²) in [6.07, 6.45) is 0.654. The SMILES string of the molecule is CCC1CN(S(=O)(=O)c2cc(Cl)cc(CCl)c2Cl)CCO1. The van der Waals surface area contributed by atoms with Gasteiger partial charge in [-0.15, -0.1) is 11.6 Å². The molecule has 1 fully saturated rings. The molecular weight excluding hydrogens is 357 g/mol. The number of alkyl halides is 1. The number of morpholine rings is 1. The Labute approximate surface area is 140 Å². The van der Waals surface area contributed by atoms with Crippen molar-refractivity contribution in [3.05, 3.63) is 27.7 Å². The molecule has 1 heterocycles. The molecular formula is C13H16Cl3NO3S. The molecule has 1 aliphatic heterocycles. The van der Waals surface area contributed by atoms with Crippen LogP contribution in [0.5, 0.6) is 0 Å². The number of ether oxygens (including phenoxy) is 1. The number of nitrogens with zero attached hydrogens (tertiary/aromatic N) is 1. The van der Waals surface area contributed by atoms with Crippen molar-refractivity contribution in [2.45, 2.75) is 30.2 Å². The molecule has 0 N–H and O–H groups in total. The Morgan fingerprint density at radius 3 is 2.71 bits per heavy atom. The predicted octanol–water partition coefficient (Wildman–Crippen LogP) is 3.53. The Morgan fingerprint density at radius 2 is 2.10 bits per heavy atom. The van der Waals surface area contributed by atoms with Gasteiger partial charge in [0.15, 0.2) is 0 Å². The number of hydrogen-bond donors (Lipinski definition) is 0. The van der Waals surface area contributed by atoms with Gasteiger partial charge in [-0.1, -0.05) is 30.1 Å². The minimum absolute atomic E-state index is 0.00377. The maximum absolute atomic E-state index is 12.8. The van der Waals surface area contributed by atoms with Gasteiger partial charge in [-0.05, 0) is 24.1 Å². The Morgan fingerprint density at radius 1 is 1.38 bits per heavy atom. The van der Waals surface area contributed by atoms with Crippen molar-refractivity contribution in [2.75, 3.05) is 19.7 Å². The van der Waals surface area contributed by atoms with Gasteiger partial charge in [0.05, 0.1) is 17.7 Å². The highest BCUT2D eigenvalue weighted by molar-refractivity contribution is 7.89. The van der Waals surface area contributed by atoms with E-state index < -0.39 is 10.0 Å². The summed E-state index contributed by atoms with van der Waals surface area (Å²) >= 11 is 17.9. The molecule has 1 aromatic carbocycles. The molecule has 21 heavy (non-hydrogen) atoms. The van der Waals surface area contributed by atoms with Crippen molar-refractivity contribution in [3.63, 3.8) is 0 Å². The third-order valence-electron chi connectivity index (χ3n) is 3.40. The third-order valence-corrected chi connectivity index (χ3v) is 6.35. The molecule has 1 saturated heterocycles. The van der Waals surface area contributed by atoms with Crippen LogP contribution in [0.2, 0.25) is 10.0 Å². The standard InChI is InChI=1S/C13H16Cl3NO3S/c1-2-11-8-17(3-4-20-11)21(18,19)12-6-10(15)5-9(7-14)13(12)16/h5-6,11H,2-4,7-8H2,1H3. The van der Waals surface area contributed by atoms with E-state index in [4.69, 9.17) is 39.5 Å². The molecule has 0 amide bonds. The van der Waals surface area contributed by atoms with E-state index in [0.29, 0.717) is 30.3 Å². The minimum atomic E-state index is -3.71. The fourth-order valence-electron chi connectivity index (χ4n) is 2.20. The Bertz CT molecular complexity index is 621. The van der Waals surface area contributed by atoms with E-state index in [2.05, 4.69) is 0 Å². The molecule has 0 spiro atoms. The van der Waals surface area contributed by atoms with Crippen LogP contribution in [-0.4, -0.2) is 38.5 Å². The lowest BCUT2D eigenvalue weighted by molar-refractivity contribution is -0.00277. The smallest absolute Gasteiger partial charge is 0.244 e. The first-order chi connectivity index (χ1) is 9.90. The van der Waals surface area contributed by atoms with Crippen LogP contribution < -0.4 is 0 Å². The van der Waals surface area contributed by atoms with Crippen LogP contribution in [0.3, 0.4) is 0 Å². The van der Waals surface area contributed by atoms with Crippen molar-refractivity contribution in [1.29, 1.82) is 0 Å². The molecule has 2 rings (SSSR count). The van der Waals surface area contributed by atoms with Gasteiger partial charge >= 0.3 is 0 Å². The van der Waals surface area contributed by atoms with Crippen LogP contribution in [0.4, 0.5) is 0 Å². The Kier molecular flexibility index (Phi) is 5.79. The first-order valence-electron chi connectivity index (χ1n) is 6.55. The average Bonchev–Trinajstić information content (AvgIpc) is 2.49. The Balaban J connectivity index is 2.42. The summed E-state index contributed by atoms with van der Waals surface area (Å²) in [7, 11) is -3.71. The van der Waals surface area contributed by atoms with E-state index in [0.717, 1.165) is 6.42 Å². The number of sulfonamides is 1. The third kappa shape index (κ3) is 3.66. The van der Waals surface area contributed by atoms with E-state index in [1.165, 1.54) is 10.4 Å². The molecule has 0 bridgehead atoms. The maximum Gasteiger partial charge on any atom is 0.244 e. The second-order valence-corrected chi connectivity index (χ2v) is 7.76. The van der Waals surface area contributed by atoms with Gasteiger partial charge in [0, 0.05) is 24.0 Å². The molecule has 4 nitrogen and oxygen atoms in total. The summed E-state index contributed by atoms with van der Waals surface area (Å²) in [6.45, 7) is 2.95. The summed E-state index contributed by atoms with van der Waals surface area (Å²) < 4.78 is 32.4. The van der Waals surface area contributed by atoms with Crippen molar-refractivity contribution < 1.29 is 13.2 Å². The highest BCUT2D eigenvalue weighted by atomic mass is 35.5. The zero-order valence-corrected chi connectivity index (χ0v) is 14.6. The number of rotatable bonds is 4. The van der Waals surface area contributed by atoms with Crippen LogP contribution in [0.25, 0.3) is 0 Å². The molecule has 1 aliphatic rings. The van der Waals surface area contributed by atoms with Gasteiger partial charge in [0.2, 0.25) is 10.0 Å². The number of benzene rings is 1. The van der Waals surface area contributed by atoms with Crippen molar-refractivity contribution in [1.82, 2.24) is 4.31 Å². The van der Waals surface area contributed by atoms with Gasteiger partial charge in [-0.3, -0.25) is 0 Å². The lowest BCUT2D eigenvalue weighted by Gasteiger charge is -2.32. The highest BCUT2D eigenvalue weighted by Gasteiger charge is 2.32. The van der Waals surface area contributed by atoms with Crippen LogP contribution in [0.15, 0.2) is 17.0 Å². The van der Waals surface area contributed by atoms with E-state index in [1.54, 1.807) is 6.07 Å². The van der Waals surface area contributed by atoms with Crippen molar-refractivity contribution >= 4 is 44.8 Å². The lowest BCUT2D eigenvalue weighted by Crippen LogP contribution is -2.45. The summed E-state index contributed by atoms with van der Waals surface area (Å²) in [6, 6.07) is 2.94. The molecule has 0 aromatic heterocycles. The first-order valence-corrected chi connectivity index (χ1v) is 9.28. The number of halogens is 3. The van der Waals surface area contributed by atoms with Gasteiger partial charge in [-0.25, -0.2) is 8.42 Å². The molecule has 0 radical (unpaired) electrons. The molecule has 118 valence electrons. The van der Waals surface area contributed by atoms with Crippen LogP contribution in [0, 0.1) is 0 Å². The van der Waals surface area contributed by atoms with Crippen LogP contribution >= 0.6 is 34.8 Å². The van der Waals surface area contributed by atoms with Crippen molar-refractivity contribution in [2.24, 2.45) is 0 Å².